The lowest BCUT2D eigenvalue weighted by molar-refractivity contribution is 0.00307. The summed E-state index contributed by atoms with van der Waals surface area (Å²) in [6, 6.07) is 7.47. The molecule has 1 spiro atoms. The number of benzene rings is 1. The summed E-state index contributed by atoms with van der Waals surface area (Å²) in [5, 5.41) is 0. The monoisotopic (exact) mass is 374 g/mol. The minimum Gasteiger partial charge on any atom is -0.494 e. The van der Waals surface area contributed by atoms with Crippen LogP contribution in [0.2, 0.25) is 0 Å². The Balaban J connectivity index is 1.58. The van der Waals surface area contributed by atoms with Crippen molar-refractivity contribution in [1.29, 1.82) is 0 Å². The molecule has 27 heavy (non-hydrogen) atoms. The first kappa shape index (κ1) is 19.5. The van der Waals surface area contributed by atoms with E-state index in [1.807, 2.05) is 41.0 Å². The number of ether oxygens (including phenoxy) is 2. The van der Waals surface area contributed by atoms with Crippen molar-refractivity contribution in [2.75, 3.05) is 26.2 Å². The second-order valence-corrected chi connectivity index (χ2v) is 7.57. The molecule has 1 atom stereocenters. The standard InChI is InChI=1S/C21H30N2O4/c1-4-6-16(3)23-15-21(27-20(23)25)11-13-22(14-12-21)19(24)17-7-9-18(10-8-17)26-5-2/h7-10,16H,4-6,11-15H2,1-3H3/t16-/m1/s1. The Morgan fingerprint density at radius 2 is 1.89 bits per heavy atom. The van der Waals surface area contributed by atoms with E-state index in [4.69, 9.17) is 9.47 Å². The largest absolute Gasteiger partial charge is 0.494 e. The maximum absolute atomic E-state index is 12.8. The molecule has 2 heterocycles. The molecule has 148 valence electrons. The number of hydrogen-bond acceptors (Lipinski definition) is 4. The first-order chi connectivity index (χ1) is 13.0. The summed E-state index contributed by atoms with van der Waals surface area (Å²) in [4.78, 5) is 28.8. The van der Waals surface area contributed by atoms with Gasteiger partial charge in [0, 0.05) is 37.5 Å². The van der Waals surface area contributed by atoms with E-state index in [-0.39, 0.29) is 18.0 Å². The maximum atomic E-state index is 12.8. The van der Waals surface area contributed by atoms with Gasteiger partial charge in [-0.1, -0.05) is 13.3 Å². The molecule has 6 heteroatoms. The summed E-state index contributed by atoms with van der Waals surface area (Å²) in [5.41, 5.74) is 0.227. The minimum absolute atomic E-state index is 0.0217. The molecule has 0 aromatic heterocycles. The molecule has 0 bridgehead atoms. The lowest BCUT2D eigenvalue weighted by Crippen LogP contribution is -2.49. The number of carbonyl (C=O) groups excluding carboxylic acids is 2. The lowest BCUT2D eigenvalue weighted by atomic mass is 9.90. The highest BCUT2D eigenvalue weighted by molar-refractivity contribution is 5.94. The fraction of sp³-hybridized carbons (Fsp3) is 0.619. The Morgan fingerprint density at radius 3 is 2.48 bits per heavy atom. The second kappa shape index (κ2) is 8.19. The normalized spacial score (nSPS) is 19.9. The Hall–Kier alpha value is -2.24. The highest BCUT2D eigenvalue weighted by atomic mass is 16.6. The predicted octanol–water partition coefficient (Wildman–Crippen LogP) is 3.70. The minimum atomic E-state index is -0.436. The molecule has 6 nitrogen and oxygen atoms in total. The number of carbonyl (C=O) groups is 2. The summed E-state index contributed by atoms with van der Waals surface area (Å²) in [6.07, 6.45) is 3.20. The van der Waals surface area contributed by atoms with Gasteiger partial charge in [-0.25, -0.2) is 4.79 Å². The van der Waals surface area contributed by atoms with Crippen molar-refractivity contribution in [2.24, 2.45) is 0 Å². The molecule has 2 aliphatic rings. The van der Waals surface area contributed by atoms with Crippen molar-refractivity contribution in [1.82, 2.24) is 9.80 Å². The van der Waals surface area contributed by atoms with Gasteiger partial charge in [0.1, 0.15) is 11.4 Å². The summed E-state index contributed by atoms with van der Waals surface area (Å²) in [6.45, 7) is 8.59. The van der Waals surface area contributed by atoms with E-state index in [0.717, 1.165) is 18.6 Å². The quantitative estimate of drug-likeness (QED) is 0.762. The topological polar surface area (TPSA) is 59.1 Å². The zero-order valence-corrected chi connectivity index (χ0v) is 16.6. The second-order valence-electron chi connectivity index (χ2n) is 7.57. The molecule has 0 radical (unpaired) electrons. The molecule has 2 saturated heterocycles. The molecule has 1 aromatic rings. The van der Waals surface area contributed by atoms with E-state index in [0.29, 0.717) is 44.6 Å². The summed E-state index contributed by atoms with van der Waals surface area (Å²) >= 11 is 0. The van der Waals surface area contributed by atoms with E-state index < -0.39 is 5.60 Å². The van der Waals surface area contributed by atoms with Gasteiger partial charge in [0.15, 0.2) is 0 Å². The van der Waals surface area contributed by atoms with Crippen molar-refractivity contribution in [3.63, 3.8) is 0 Å². The highest BCUT2D eigenvalue weighted by Crippen LogP contribution is 2.35. The fourth-order valence-corrected chi connectivity index (χ4v) is 3.98. The molecule has 0 unspecified atom stereocenters. The zero-order valence-electron chi connectivity index (χ0n) is 16.6. The SMILES string of the molecule is CCC[C@@H](C)N1CC2(CCN(C(=O)c3ccc(OCC)cc3)CC2)OC1=O. The van der Waals surface area contributed by atoms with E-state index in [9.17, 15) is 9.59 Å². The highest BCUT2D eigenvalue weighted by Gasteiger charge is 2.48. The molecule has 0 saturated carbocycles. The Bertz CT molecular complexity index is 665. The van der Waals surface area contributed by atoms with Gasteiger partial charge in [0.05, 0.1) is 13.2 Å². The molecule has 0 N–H and O–H groups in total. The van der Waals surface area contributed by atoms with Gasteiger partial charge in [-0.2, -0.15) is 0 Å². The molecule has 3 rings (SSSR count). The number of likely N-dealkylation sites (tertiary alicyclic amines) is 1. The van der Waals surface area contributed by atoms with Crippen LogP contribution in [-0.2, 0) is 4.74 Å². The van der Waals surface area contributed by atoms with Crippen LogP contribution in [0.15, 0.2) is 24.3 Å². The van der Waals surface area contributed by atoms with E-state index in [2.05, 4.69) is 13.8 Å². The van der Waals surface area contributed by atoms with E-state index in [1.54, 1.807) is 0 Å². The van der Waals surface area contributed by atoms with Crippen LogP contribution in [0.5, 0.6) is 5.75 Å². The zero-order chi connectivity index (χ0) is 19.4. The van der Waals surface area contributed by atoms with Gasteiger partial charge >= 0.3 is 6.09 Å². The third kappa shape index (κ3) is 4.20. The summed E-state index contributed by atoms with van der Waals surface area (Å²) < 4.78 is 11.2. The van der Waals surface area contributed by atoms with Gasteiger partial charge in [0.25, 0.3) is 5.91 Å². The number of rotatable bonds is 6. The molecular formula is C21H30N2O4. The van der Waals surface area contributed by atoms with E-state index in [1.165, 1.54) is 0 Å². The summed E-state index contributed by atoms with van der Waals surface area (Å²) in [7, 11) is 0. The maximum Gasteiger partial charge on any atom is 0.410 e. The molecular weight excluding hydrogens is 344 g/mol. The van der Waals surface area contributed by atoms with Crippen LogP contribution in [0.3, 0.4) is 0 Å². The van der Waals surface area contributed by atoms with Crippen LogP contribution in [-0.4, -0.2) is 59.7 Å². The third-order valence-electron chi connectivity index (χ3n) is 5.61. The number of piperidine rings is 1. The van der Waals surface area contributed by atoms with Crippen LogP contribution in [0.25, 0.3) is 0 Å². The van der Waals surface area contributed by atoms with Crippen LogP contribution in [0.4, 0.5) is 4.79 Å². The van der Waals surface area contributed by atoms with Crippen LogP contribution >= 0.6 is 0 Å². The number of nitrogens with zero attached hydrogens (tertiary/aromatic N) is 2. The van der Waals surface area contributed by atoms with Crippen molar-refractivity contribution < 1.29 is 19.1 Å². The van der Waals surface area contributed by atoms with Gasteiger partial charge in [-0.05, 0) is 44.5 Å². The average molecular weight is 374 g/mol. The van der Waals surface area contributed by atoms with Gasteiger partial charge in [0.2, 0.25) is 0 Å². The molecule has 2 amide bonds. The first-order valence-corrected chi connectivity index (χ1v) is 10.00. The smallest absolute Gasteiger partial charge is 0.410 e. The number of amides is 2. The predicted molar refractivity (Wildman–Crippen MR) is 103 cm³/mol. The molecule has 0 aliphatic carbocycles. The van der Waals surface area contributed by atoms with Crippen LogP contribution in [0, 0.1) is 0 Å². The van der Waals surface area contributed by atoms with Crippen molar-refractivity contribution in [3.05, 3.63) is 29.8 Å². The van der Waals surface area contributed by atoms with Crippen molar-refractivity contribution >= 4 is 12.0 Å². The summed E-state index contributed by atoms with van der Waals surface area (Å²) in [5.74, 6) is 0.791. The molecule has 2 fully saturated rings. The van der Waals surface area contributed by atoms with Gasteiger partial charge in [-0.3, -0.25) is 4.79 Å². The molecule has 1 aromatic carbocycles. The van der Waals surface area contributed by atoms with Crippen LogP contribution < -0.4 is 4.74 Å². The third-order valence-corrected chi connectivity index (χ3v) is 5.61. The van der Waals surface area contributed by atoms with Crippen molar-refractivity contribution in [2.45, 2.75) is 58.1 Å². The Labute approximate surface area is 161 Å². The van der Waals surface area contributed by atoms with E-state index >= 15 is 0 Å². The van der Waals surface area contributed by atoms with Gasteiger partial charge < -0.3 is 19.3 Å². The van der Waals surface area contributed by atoms with Gasteiger partial charge in [-0.15, -0.1) is 0 Å². The van der Waals surface area contributed by atoms with Crippen molar-refractivity contribution in [3.8, 4) is 5.75 Å². The Morgan fingerprint density at radius 1 is 1.22 bits per heavy atom. The first-order valence-electron chi connectivity index (χ1n) is 10.00. The molecule has 2 aliphatic heterocycles. The van der Waals surface area contributed by atoms with Crippen LogP contribution in [0.1, 0.15) is 56.8 Å². The fourth-order valence-electron chi connectivity index (χ4n) is 3.98. The number of hydrogen-bond donors (Lipinski definition) is 0. The lowest BCUT2D eigenvalue weighted by Gasteiger charge is -2.37. The average Bonchev–Trinajstić information content (AvgIpc) is 2.99. The Kier molecular flexibility index (Phi) is 5.92.